The van der Waals surface area contributed by atoms with Crippen LogP contribution >= 0.6 is 0 Å². The smallest absolute Gasteiger partial charge is 0.323 e. The molecule has 1 aliphatic rings. The average Bonchev–Trinajstić information content (AvgIpc) is 2.82. The first-order valence-corrected chi connectivity index (χ1v) is 6.71. The molecule has 0 bridgehead atoms. The monoisotopic (exact) mass is 247 g/mol. The van der Waals surface area contributed by atoms with Crippen molar-refractivity contribution in [2.45, 2.75) is 32.2 Å². The van der Waals surface area contributed by atoms with Gasteiger partial charge in [0.2, 0.25) is 0 Å². The fourth-order valence-corrected chi connectivity index (χ4v) is 2.33. The summed E-state index contributed by atoms with van der Waals surface area (Å²) < 4.78 is 5.32. The summed E-state index contributed by atoms with van der Waals surface area (Å²) in [6.45, 7) is 3.53. The van der Waals surface area contributed by atoms with Crippen molar-refractivity contribution >= 4 is 5.97 Å². The van der Waals surface area contributed by atoms with Crippen molar-refractivity contribution in [1.29, 1.82) is 0 Å². The van der Waals surface area contributed by atoms with Crippen LogP contribution in [0.1, 0.15) is 25.3 Å². The Kier molecular flexibility index (Phi) is 4.76. The zero-order valence-electron chi connectivity index (χ0n) is 10.9. The van der Waals surface area contributed by atoms with E-state index >= 15 is 0 Å². The highest BCUT2D eigenvalue weighted by molar-refractivity contribution is 5.76. The lowest BCUT2D eigenvalue weighted by atomic mass is 10.0. The zero-order chi connectivity index (χ0) is 12.8. The standard InChI is InChI=1S/C15H21NO2/c1-12-9-10-16-14(12)15(17)18-11-5-8-13-6-3-2-4-7-13/h2-4,6-7,12,14,16H,5,8-11H2,1H3. The molecule has 1 aliphatic heterocycles. The van der Waals surface area contributed by atoms with Crippen LogP contribution in [0.3, 0.4) is 0 Å². The Morgan fingerprint density at radius 3 is 2.83 bits per heavy atom. The van der Waals surface area contributed by atoms with Crippen molar-refractivity contribution in [2.75, 3.05) is 13.2 Å². The van der Waals surface area contributed by atoms with E-state index in [9.17, 15) is 4.79 Å². The van der Waals surface area contributed by atoms with Gasteiger partial charge in [-0.2, -0.15) is 0 Å². The minimum absolute atomic E-state index is 0.0898. The largest absolute Gasteiger partial charge is 0.465 e. The molecular weight excluding hydrogens is 226 g/mol. The lowest BCUT2D eigenvalue weighted by Gasteiger charge is -2.14. The van der Waals surface area contributed by atoms with Crippen LogP contribution in [0.2, 0.25) is 0 Å². The number of nitrogens with one attached hydrogen (secondary N) is 1. The van der Waals surface area contributed by atoms with Crippen LogP contribution in [-0.4, -0.2) is 25.2 Å². The van der Waals surface area contributed by atoms with Gasteiger partial charge in [0.05, 0.1) is 6.61 Å². The normalized spacial score (nSPS) is 22.9. The highest BCUT2D eigenvalue weighted by atomic mass is 16.5. The number of hydrogen-bond acceptors (Lipinski definition) is 3. The van der Waals surface area contributed by atoms with E-state index in [1.807, 2.05) is 18.2 Å². The molecule has 18 heavy (non-hydrogen) atoms. The summed E-state index contributed by atoms with van der Waals surface area (Å²) in [4.78, 5) is 11.8. The van der Waals surface area contributed by atoms with Gasteiger partial charge in [0.15, 0.2) is 0 Å². The Morgan fingerprint density at radius 1 is 1.39 bits per heavy atom. The molecule has 0 saturated carbocycles. The molecule has 1 saturated heterocycles. The second-order valence-corrected chi connectivity index (χ2v) is 4.95. The molecular formula is C15H21NO2. The maximum absolute atomic E-state index is 11.8. The molecule has 1 heterocycles. The van der Waals surface area contributed by atoms with Crippen LogP contribution in [0.5, 0.6) is 0 Å². The topological polar surface area (TPSA) is 38.3 Å². The number of esters is 1. The van der Waals surface area contributed by atoms with Gasteiger partial charge in [-0.3, -0.25) is 4.79 Å². The summed E-state index contributed by atoms with van der Waals surface area (Å²) in [5, 5.41) is 3.19. The fourth-order valence-electron chi connectivity index (χ4n) is 2.33. The van der Waals surface area contributed by atoms with Crippen LogP contribution in [-0.2, 0) is 16.0 Å². The third kappa shape index (κ3) is 3.57. The fraction of sp³-hybridized carbons (Fsp3) is 0.533. The molecule has 0 aromatic heterocycles. The molecule has 2 unspecified atom stereocenters. The van der Waals surface area contributed by atoms with Gasteiger partial charge in [0.25, 0.3) is 0 Å². The van der Waals surface area contributed by atoms with Gasteiger partial charge >= 0.3 is 5.97 Å². The number of aryl methyl sites for hydroxylation is 1. The molecule has 1 aromatic carbocycles. The Balaban J connectivity index is 1.65. The molecule has 0 radical (unpaired) electrons. The summed E-state index contributed by atoms with van der Waals surface area (Å²) in [5.74, 6) is 0.305. The van der Waals surface area contributed by atoms with E-state index in [1.54, 1.807) is 0 Å². The van der Waals surface area contributed by atoms with E-state index in [-0.39, 0.29) is 12.0 Å². The van der Waals surface area contributed by atoms with Crippen LogP contribution in [0.25, 0.3) is 0 Å². The number of benzene rings is 1. The third-order valence-electron chi connectivity index (χ3n) is 3.48. The van der Waals surface area contributed by atoms with Crippen molar-refractivity contribution in [3.63, 3.8) is 0 Å². The Labute approximate surface area is 109 Å². The predicted molar refractivity (Wildman–Crippen MR) is 71.3 cm³/mol. The van der Waals surface area contributed by atoms with Gasteiger partial charge < -0.3 is 10.1 Å². The SMILES string of the molecule is CC1CCNC1C(=O)OCCCc1ccccc1. The van der Waals surface area contributed by atoms with Crippen LogP contribution in [0.4, 0.5) is 0 Å². The van der Waals surface area contributed by atoms with E-state index in [0.717, 1.165) is 25.8 Å². The quantitative estimate of drug-likeness (QED) is 0.640. The van der Waals surface area contributed by atoms with E-state index < -0.39 is 0 Å². The van der Waals surface area contributed by atoms with Crippen LogP contribution < -0.4 is 5.32 Å². The summed E-state index contributed by atoms with van der Waals surface area (Å²) in [7, 11) is 0. The molecule has 1 fully saturated rings. The van der Waals surface area contributed by atoms with Gasteiger partial charge in [-0.1, -0.05) is 37.3 Å². The number of hydrogen-bond donors (Lipinski definition) is 1. The Morgan fingerprint density at radius 2 is 2.17 bits per heavy atom. The van der Waals surface area contributed by atoms with Gasteiger partial charge in [-0.15, -0.1) is 0 Å². The van der Waals surface area contributed by atoms with Crippen molar-refractivity contribution in [3.05, 3.63) is 35.9 Å². The molecule has 2 atom stereocenters. The molecule has 3 heteroatoms. The molecule has 0 aliphatic carbocycles. The van der Waals surface area contributed by atoms with Gasteiger partial charge in [-0.25, -0.2) is 0 Å². The molecule has 0 spiro atoms. The molecule has 2 rings (SSSR count). The van der Waals surface area contributed by atoms with Gasteiger partial charge in [0.1, 0.15) is 6.04 Å². The summed E-state index contributed by atoms with van der Waals surface area (Å²) in [6.07, 6.45) is 2.91. The summed E-state index contributed by atoms with van der Waals surface area (Å²) in [5.41, 5.74) is 1.29. The van der Waals surface area contributed by atoms with E-state index in [0.29, 0.717) is 12.5 Å². The number of carbonyl (C=O) groups is 1. The second kappa shape index (κ2) is 6.55. The molecule has 1 aromatic rings. The van der Waals surface area contributed by atoms with Crippen molar-refractivity contribution in [2.24, 2.45) is 5.92 Å². The minimum atomic E-state index is -0.0956. The highest BCUT2D eigenvalue weighted by Crippen LogP contribution is 2.15. The third-order valence-corrected chi connectivity index (χ3v) is 3.48. The summed E-state index contributed by atoms with van der Waals surface area (Å²) >= 11 is 0. The lowest BCUT2D eigenvalue weighted by molar-refractivity contribution is -0.146. The zero-order valence-corrected chi connectivity index (χ0v) is 10.9. The van der Waals surface area contributed by atoms with E-state index in [4.69, 9.17) is 4.74 Å². The molecule has 98 valence electrons. The molecule has 0 amide bonds. The molecule has 3 nitrogen and oxygen atoms in total. The predicted octanol–water partition coefficient (Wildman–Crippen LogP) is 2.16. The molecule has 1 N–H and O–H groups in total. The maximum atomic E-state index is 11.8. The van der Waals surface area contributed by atoms with Crippen LogP contribution in [0, 0.1) is 5.92 Å². The average molecular weight is 247 g/mol. The van der Waals surface area contributed by atoms with E-state index in [1.165, 1.54) is 5.56 Å². The van der Waals surface area contributed by atoms with Crippen molar-refractivity contribution < 1.29 is 9.53 Å². The first-order chi connectivity index (χ1) is 8.77. The van der Waals surface area contributed by atoms with Crippen molar-refractivity contribution in [3.8, 4) is 0 Å². The summed E-state index contributed by atoms with van der Waals surface area (Å²) in [6, 6.07) is 10.2. The second-order valence-electron chi connectivity index (χ2n) is 4.95. The minimum Gasteiger partial charge on any atom is -0.465 e. The maximum Gasteiger partial charge on any atom is 0.323 e. The number of carbonyl (C=O) groups excluding carboxylic acids is 1. The first-order valence-electron chi connectivity index (χ1n) is 6.71. The Hall–Kier alpha value is -1.35. The van der Waals surface area contributed by atoms with Gasteiger partial charge in [0, 0.05) is 0 Å². The number of ether oxygens (including phenoxy) is 1. The Bertz CT molecular complexity index is 377. The first kappa shape index (κ1) is 13.1. The van der Waals surface area contributed by atoms with Gasteiger partial charge in [-0.05, 0) is 37.3 Å². The van der Waals surface area contributed by atoms with Crippen LogP contribution in [0.15, 0.2) is 30.3 Å². The lowest BCUT2D eigenvalue weighted by Crippen LogP contribution is -2.36. The van der Waals surface area contributed by atoms with Crippen molar-refractivity contribution in [1.82, 2.24) is 5.32 Å². The van der Waals surface area contributed by atoms with E-state index in [2.05, 4.69) is 24.4 Å². The number of rotatable bonds is 5. The highest BCUT2D eigenvalue weighted by Gasteiger charge is 2.30.